The molecule has 0 radical (unpaired) electrons. The number of benzene rings is 1. The predicted octanol–water partition coefficient (Wildman–Crippen LogP) is 3.55. The Bertz CT molecular complexity index is 831. The number of hydrogen-bond donors (Lipinski definition) is 2. The lowest BCUT2D eigenvalue weighted by Crippen LogP contribution is -2.13. The maximum atomic E-state index is 12.3. The predicted molar refractivity (Wildman–Crippen MR) is 91.3 cm³/mol. The first-order valence-electron chi connectivity index (χ1n) is 7.00. The van der Waals surface area contributed by atoms with Crippen molar-refractivity contribution in [2.24, 2.45) is 0 Å². The third-order valence-corrected chi connectivity index (χ3v) is 3.92. The molecule has 0 unspecified atom stereocenters. The minimum Gasteiger partial charge on any atom is -0.320 e. The SMILES string of the molecule is Cc1ccc(C)c(NC(=O)c2csc(Nc3ncccn3)n2)c1. The van der Waals surface area contributed by atoms with Gasteiger partial charge in [-0.25, -0.2) is 15.0 Å². The van der Waals surface area contributed by atoms with E-state index in [9.17, 15) is 4.79 Å². The van der Waals surface area contributed by atoms with Gasteiger partial charge in [-0.15, -0.1) is 11.3 Å². The van der Waals surface area contributed by atoms with Crippen LogP contribution in [-0.2, 0) is 0 Å². The molecule has 0 saturated carbocycles. The van der Waals surface area contributed by atoms with Crippen LogP contribution in [0.25, 0.3) is 0 Å². The lowest BCUT2D eigenvalue weighted by molar-refractivity contribution is 0.102. The summed E-state index contributed by atoms with van der Waals surface area (Å²) in [7, 11) is 0. The van der Waals surface area contributed by atoms with Crippen LogP contribution in [0.1, 0.15) is 21.6 Å². The van der Waals surface area contributed by atoms with Crippen molar-refractivity contribution in [2.75, 3.05) is 10.6 Å². The number of nitrogens with zero attached hydrogens (tertiary/aromatic N) is 3. The van der Waals surface area contributed by atoms with E-state index in [-0.39, 0.29) is 5.91 Å². The van der Waals surface area contributed by atoms with Crippen molar-refractivity contribution >= 4 is 34.0 Å². The first-order chi connectivity index (χ1) is 11.1. The zero-order valence-corrected chi connectivity index (χ0v) is 13.5. The van der Waals surface area contributed by atoms with Crippen LogP contribution in [0.15, 0.2) is 42.0 Å². The van der Waals surface area contributed by atoms with Crippen molar-refractivity contribution in [3.8, 4) is 0 Å². The molecule has 7 heteroatoms. The minimum absolute atomic E-state index is 0.239. The van der Waals surface area contributed by atoms with Crippen molar-refractivity contribution in [2.45, 2.75) is 13.8 Å². The van der Waals surface area contributed by atoms with E-state index in [0.717, 1.165) is 16.8 Å². The van der Waals surface area contributed by atoms with Crippen LogP contribution in [-0.4, -0.2) is 20.9 Å². The van der Waals surface area contributed by atoms with Crippen molar-refractivity contribution in [3.05, 3.63) is 58.9 Å². The molecule has 1 amide bonds. The largest absolute Gasteiger partial charge is 0.320 e. The van der Waals surface area contributed by atoms with Gasteiger partial charge in [0.25, 0.3) is 5.91 Å². The Morgan fingerprint density at radius 2 is 1.96 bits per heavy atom. The highest BCUT2D eigenvalue weighted by molar-refractivity contribution is 7.14. The van der Waals surface area contributed by atoms with Gasteiger partial charge in [0.15, 0.2) is 5.13 Å². The molecule has 3 rings (SSSR count). The number of aromatic nitrogens is 3. The number of rotatable bonds is 4. The molecule has 0 aliphatic carbocycles. The van der Waals surface area contributed by atoms with Gasteiger partial charge in [-0.3, -0.25) is 4.79 Å². The smallest absolute Gasteiger partial charge is 0.275 e. The monoisotopic (exact) mass is 325 g/mol. The summed E-state index contributed by atoms with van der Waals surface area (Å²) in [5, 5.41) is 8.13. The zero-order valence-electron chi connectivity index (χ0n) is 12.7. The highest BCUT2D eigenvalue weighted by atomic mass is 32.1. The molecule has 0 saturated heterocycles. The van der Waals surface area contributed by atoms with Gasteiger partial charge in [0.2, 0.25) is 5.95 Å². The third kappa shape index (κ3) is 3.70. The molecule has 2 heterocycles. The topological polar surface area (TPSA) is 79.8 Å². The van der Waals surface area contributed by atoms with Gasteiger partial charge >= 0.3 is 0 Å². The van der Waals surface area contributed by atoms with E-state index in [1.165, 1.54) is 11.3 Å². The maximum Gasteiger partial charge on any atom is 0.275 e. The van der Waals surface area contributed by atoms with Gasteiger partial charge in [-0.2, -0.15) is 0 Å². The third-order valence-electron chi connectivity index (χ3n) is 3.16. The van der Waals surface area contributed by atoms with Gasteiger partial charge in [0.05, 0.1) is 0 Å². The van der Waals surface area contributed by atoms with Crippen molar-refractivity contribution in [3.63, 3.8) is 0 Å². The molecule has 3 aromatic rings. The molecule has 116 valence electrons. The summed E-state index contributed by atoms with van der Waals surface area (Å²) in [5.74, 6) is 0.209. The van der Waals surface area contributed by atoms with Crippen LogP contribution in [0.3, 0.4) is 0 Å². The van der Waals surface area contributed by atoms with Crippen LogP contribution in [0.5, 0.6) is 0 Å². The number of anilines is 3. The molecule has 0 aliphatic heterocycles. The van der Waals surface area contributed by atoms with Crippen molar-refractivity contribution in [1.82, 2.24) is 15.0 Å². The Hall–Kier alpha value is -2.80. The van der Waals surface area contributed by atoms with E-state index in [0.29, 0.717) is 16.8 Å². The van der Waals surface area contributed by atoms with Gasteiger partial charge in [-0.1, -0.05) is 12.1 Å². The van der Waals surface area contributed by atoms with Gasteiger partial charge in [-0.05, 0) is 37.1 Å². The fourth-order valence-corrected chi connectivity index (χ4v) is 2.64. The van der Waals surface area contributed by atoms with E-state index >= 15 is 0 Å². The normalized spacial score (nSPS) is 10.3. The van der Waals surface area contributed by atoms with Crippen molar-refractivity contribution in [1.29, 1.82) is 0 Å². The number of carbonyl (C=O) groups is 1. The average Bonchev–Trinajstić information content (AvgIpc) is 3.00. The molecule has 2 aromatic heterocycles. The summed E-state index contributed by atoms with van der Waals surface area (Å²) >= 11 is 1.33. The molecule has 2 N–H and O–H groups in total. The van der Waals surface area contributed by atoms with Gasteiger partial charge in [0.1, 0.15) is 5.69 Å². The lowest BCUT2D eigenvalue weighted by atomic mass is 10.1. The molecule has 0 aliphatic rings. The average molecular weight is 325 g/mol. The Labute approximate surface area is 137 Å². The molecule has 0 bridgehead atoms. The zero-order chi connectivity index (χ0) is 16.2. The molecule has 0 atom stereocenters. The van der Waals surface area contributed by atoms with E-state index in [2.05, 4.69) is 25.6 Å². The minimum atomic E-state index is -0.239. The van der Waals surface area contributed by atoms with Crippen LogP contribution in [0, 0.1) is 13.8 Å². The Balaban J connectivity index is 1.72. The van der Waals surface area contributed by atoms with E-state index in [1.54, 1.807) is 23.8 Å². The van der Waals surface area contributed by atoms with Crippen molar-refractivity contribution < 1.29 is 4.79 Å². The molecule has 1 aromatic carbocycles. The highest BCUT2D eigenvalue weighted by Gasteiger charge is 2.12. The Kier molecular flexibility index (Phi) is 4.29. The van der Waals surface area contributed by atoms with Crippen LogP contribution >= 0.6 is 11.3 Å². The van der Waals surface area contributed by atoms with Gasteiger partial charge in [0, 0.05) is 23.5 Å². The summed E-state index contributed by atoms with van der Waals surface area (Å²) in [6, 6.07) is 7.66. The second kappa shape index (κ2) is 6.53. The van der Waals surface area contributed by atoms with Crippen LogP contribution in [0.4, 0.5) is 16.8 Å². The summed E-state index contributed by atoms with van der Waals surface area (Å²) in [6.45, 7) is 3.94. The summed E-state index contributed by atoms with van der Waals surface area (Å²) in [5.41, 5.74) is 3.25. The maximum absolute atomic E-state index is 12.3. The van der Waals surface area contributed by atoms with Crippen LogP contribution in [0.2, 0.25) is 0 Å². The number of carbonyl (C=O) groups excluding carboxylic acids is 1. The fraction of sp³-hybridized carbons (Fsp3) is 0.125. The Morgan fingerprint density at radius 3 is 2.74 bits per heavy atom. The first kappa shape index (κ1) is 15.1. The second-order valence-electron chi connectivity index (χ2n) is 5.01. The van der Waals surface area contributed by atoms with E-state index in [1.807, 2.05) is 32.0 Å². The molecule has 23 heavy (non-hydrogen) atoms. The molecular weight excluding hydrogens is 310 g/mol. The first-order valence-corrected chi connectivity index (χ1v) is 7.88. The standard InChI is InChI=1S/C16H15N5OS/c1-10-4-5-11(2)12(8-10)19-14(22)13-9-23-16(20-13)21-15-17-6-3-7-18-15/h3-9H,1-2H3,(H,19,22)(H,17,18,20,21). The second-order valence-corrected chi connectivity index (χ2v) is 5.87. The number of amides is 1. The lowest BCUT2D eigenvalue weighted by Gasteiger charge is -2.07. The van der Waals surface area contributed by atoms with E-state index in [4.69, 9.17) is 0 Å². The number of hydrogen-bond acceptors (Lipinski definition) is 6. The number of nitrogens with one attached hydrogen (secondary N) is 2. The summed E-state index contributed by atoms with van der Waals surface area (Å²) in [4.78, 5) is 24.7. The molecule has 6 nitrogen and oxygen atoms in total. The quantitative estimate of drug-likeness (QED) is 0.767. The molecule has 0 spiro atoms. The molecule has 0 fully saturated rings. The number of aryl methyl sites for hydroxylation is 2. The van der Waals surface area contributed by atoms with E-state index < -0.39 is 0 Å². The fourth-order valence-electron chi connectivity index (χ4n) is 1.95. The molecular formula is C16H15N5OS. The Morgan fingerprint density at radius 1 is 1.17 bits per heavy atom. The summed E-state index contributed by atoms with van der Waals surface area (Å²) in [6.07, 6.45) is 3.27. The highest BCUT2D eigenvalue weighted by Crippen LogP contribution is 2.21. The summed E-state index contributed by atoms with van der Waals surface area (Å²) < 4.78 is 0. The van der Waals surface area contributed by atoms with Crippen LogP contribution < -0.4 is 10.6 Å². The number of thiazole rings is 1. The van der Waals surface area contributed by atoms with Gasteiger partial charge < -0.3 is 10.6 Å².